The van der Waals surface area contributed by atoms with Crippen LogP contribution in [0.4, 0.5) is 0 Å². The van der Waals surface area contributed by atoms with Gasteiger partial charge in [-0.15, -0.1) is 0 Å². The summed E-state index contributed by atoms with van der Waals surface area (Å²) in [4.78, 5) is 23.5. The second-order valence-electron chi connectivity index (χ2n) is 4.87. The third kappa shape index (κ3) is 5.40. The van der Waals surface area contributed by atoms with E-state index in [9.17, 15) is 9.59 Å². The Morgan fingerprint density at radius 3 is 2.54 bits per heavy atom. The number of nitrogens with one attached hydrogen (secondary N) is 2. The first-order valence-corrected chi connectivity index (χ1v) is 7.58. The summed E-state index contributed by atoms with van der Waals surface area (Å²) in [5.74, 6) is -0.504. The van der Waals surface area contributed by atoms with E-state index >= 15 is 0 Å². The van der Waals surface area contributed by atoms with Crippen molar-refractivity contribution in [2.45, 2.75) is 6.42 Å². The Kier molecular flexibility index (Phi) is 6.33. The first-order valence-electron chi connectivity index (χ1n) is 7.20. The number of aromatic hydroxyl groups is 1. The van der Waals surface area contributed by atoms with Crippen molar-refractivity contribution >= 4 is 29.6 Å². The molecule has 0 spiro atoms. The van der Waals surface area contributed by atoms with Gasteiger partial charge in [-0.1, -0.05) is 23.7 Å². The zero-order valence-corrected chi connectivity index (χ0v) is 13.5. The Bertz CT molecular complexity index is 745. The lowest BCUT2D eigenvalue weighted by Crippen LogP contribution is -2.29. The lowest BCUT2D eigenvalue weighted by Gasteiger charge is -2.06. The molecule has 0 unspecified atom stereocenters. The van der Waals surface area contributed by atoms with Crippen molar-refractivity contribution in [3.8, 4) is 5.75 Å². The largest absolute Gasteiger partial charge is 0.508 e. The highest BCUT2D eigenvalue weighted by atomic mass is 35.5. The van der Waals surface area contributed by atoms with E-state index in [4.69, 9.17) is 16.7 Å². The maximum absolute atomic E-state index is 11.9. The van der Waals surface area contributed by atoms with E-state index in [1.807, 2.05) is 0 Å². The number of benzene rings is 2. The number of hydrogen-bond donors (Lipinski definition) is 3. The van der Waals surface area contributed by atoms with E-state index in [0.29, 0.717) is 10.6 Å². The molecule has 24 heavy (non-hydrogen) atoms. The van der Waals surface area contributed by atoms with Crippen LogP contribution in [0.5, 0.6) is 5.75 Å². The monoisotopic (exact) mass is 345 g/mol. The number of rotatable bonds is 6. The Balaban J connectivity index is 1.72. The Hall–Kier alpha value is -2.86. The molecule has 0 aliphatic carbocycles. The molecule has 0 bridgehead atoms. The molecule has 0 aromatic heterocycles. The van der Waals surface area contributed by atoms with Gasteiger partial charge in [0, 0.05) is 13.0 Å². The SMILES string of the molecule is O=C(CCNC(=O)c1ccccc1Cl)N/N=C\c1ccc(O)cc1. The zero-order chi connectivity index (χ0) is 17.4. The van der Waals surface area contributed by atoms with Crippen LogP contribution in [0, 0.1) is 0 Å². The summed E-state index contributed by atoms with van der Waals surface area (Å²) >= 11 is 5.92. The zero-order valence-electron chi connectivity index (χ0n) is 12.7. The fraction of sp³-hybridized carbons (Fsp3) is 0.118. The van der Waals surface area contributed by atoms with Gasteiger partial charge in [-0.3, -0.25) is 9.59 Å². The number of amides is 2. The molecule has 2 aromatic rings. The molecule has 0 atom stereocenters. The highest BCUT2D eigenvalue weighted by molar-refractivity contribution is 6.33. The predicted octanol–water partition coefficient (Wildman–Crippen LogP) is 2.32. The lowest BCUT2D eigenvalue weighted by molar-refractivity contribution is -0.120. The fourth-order valence-corrected chi connectivity index (χ4v) is 2.05. The number of hydrogen-bond acceptors (Lipinski definition) is 4. The summed E-state index contributed by atoms with van der Waals surface area (Å²) in [6.45, 7) is 0.171. The summed E-state index contributed by atoms with van der Waals surface area (Å²) in [6, 6.07) is 13.1. The minimum Gasteiger partial charge on any atom is -0.508 e. The second-order valence-corrected chi connectivity index (χ2v) is 5.28. The molecule has 124 valence electrons. The molecule has 0 aliphatic heterocycles. The summed E-state index contributed by atoms with van der Waals surface area (Å²) in [6.07, 6.45) is 1.54. The highest BCUT2D eigenvalue weighted by Gasteiger charge is 2.09. The summed E-state index contributed by atoms with van der Waals surface area (Å²) < 4.78 is 0. The summed E-state index contributed by atoms with van der Waals surface area (Å²) in [5, 5.41) is 15.9. The Labute approximate surface area is 144 Å². The number of nitrogens with zero attached hydrogens (tertiary/aromatic N) is 1. The molecule has 2 aromatic carbocycles. The molecule has 2 rings (SSSR count). The van der Waals surface area contributed by atoms with Crippen LogP contribution in [0.3, 0.4) is 0 Å². The van der Waals surface area contributed by atoms with Gasteiger partial charge in [0.1, 0.15) is 5.75 Å². The van der Waals surface area contributed by atoms with Gasteiger partial charge in [-0.25, -0.2) is 5.43 Å². The molecule has 6 nitrogen and oxygen atoms in total. The number of phenolic OH excluding ortho intramolecular Hbond substituents is 1. The molecular weight excluding hydrogens is 330 g/mol. The third-order valence-electron chi connectivity index (χ3n) is 3.05. The summed E-state index contributed by atoms with van der Waals surface area (Å²) in [7, 11) is 0. The highest BCUT2D eigenvalue weighted by Crippen LogP contribution is 2.14. The molecule has 0 heterocycles. The smallest absolute Gasteiger partial charge is 0.252 e. The van der Waals surface area contributed by atoms with Crippen LogP contribution in [0.25, 0.3) is 0 Å². The number of carbonyl (C=O) groups excluding carboxylic acids is 2. The van der Waals surface area contributed by atoms with Crippen LogP contribution in [0.2, 0.25) is 5.02 Å². The first kappa shape index (κ1) is 17.5. The van der Waals surface area contributed by atoms with Crippen LogP contribution < -0.4 is 10.7 Å². The fourth-order valence-electron chi connectivity index (χ4n) is 1.83. The normalized spacial score (nSPS) is 10.5. The average Bonchev–Trinajstić information content (AvgIpc) is 2.57. The van der Waals surface area contributed by atoms with Crippen molar-refractivity contribution in [3.63, 3.8) is 0 Å². The van der Waals surface area contributed by atoms with Gasteiger partial charge in [-0.2, -0.15) is 5.10 Å². The topological polar surface area (TPSA) is 90.8 Å². The molecular formula is C17H16ClN3O3. The Morgan fingerprint density at radius 2 is 1.83 bits per heavy atom. The van der Waals surface area contributed by atoms with E-state index in [2.05, 4.69) is 15.8 Å². The van der Waals surface area contributed by atoms with Crippen molar-refractivity contribution in [2.75, 3.05) is 6.54 Å². The van der Waals surface area contributed by atoms with Gasteiger partial charge in [0.05, 0.1) is 16.8 Å². The van der Waals surface area contributed by atoms with E-state index in [1.54, 1.807) is 36.4 Å². The number of hydrazone groups is 1. The minimum absolute atomic E-state index is 0.0864. The molecule has 0 fully saturated rings. The maximum atomic E-state index is 11.9. The molecule has 0 saturated heterocycles. The van der Waals surface area contributed by atoms with Crippen LogP contribution in [-0.2, 0) is 4.79 Å². The van der Waals surface area contributed by atoms with E-state index in [0.717, 1.165) is 5.56 Å². The minimum atomic E-state index is -0.332. The van der Waals surface area contributed by atoms with Crippen molar-refractivity contribution in [1.82, 2.24) is 10.7 Å². The van der Waals surface area contributed by atoms with Crippen LogP contribution in [-0.4, -0.2) is 29.7 Å². The molecule has 3 N–H and O–H groups in total. The van der Waals surface area contributed by atoms with Crippen LogP contribution in [0.15, 0.2) is 53.6 Å². The molecule has 0 radical (unpaired) electrons. The van der Waals surface area contributed by atoms with Gasteiger partial charge in [0.15, 0.2) is 0 Å². The van der Waals surface area contributed by atoms with Crippen molar-refractivity contribution < 1.29 is 14.7 Å². The number of carbonyl (C=O) groups is 2. The van der Waals surface area contributed by atoms with E-state index < -0.39 is 0 Å². The lowest BCUT2D eigenvalue weighted by atomic mass is 10.2. The van der Waals surface area contributed by atoms with E-state index in [-0.39, 0.29) is 30.5 Å². The standard InChI is InChI=1S/C17H16ClN3O3/c18-15-4-2-1-3-14(15)17(24)19-10-9-16(23)21-20-11-12-5-7-13(22)8-6-12/h1-8,11,22H,9-10H2,(H,19,24)(H,21,23)/b20-11-. The second kappa shape index (κ2) is 8.69. The van der Waals surface area contributed by atoms with Gasteiger partial charge in [-0.05, 0) is 42.0 Å². The van der Waals surface area contributed by atoms with Crippen LogP contribution in [0.1, 0.15) is 22.3 Å². The average molecular weight is 346 g/mol. The third-order valence-corrected chi connectivity index (χ3v) is 3.38. The van der Waals surface area contributed by atoms with Gasteiger partial charge < -0.3 is 10.4 Å². The van der Waals surface area contributed by atoms with Crippen LogP contribution >= 0.6 is 11.6 Å². The number of halogens is 1. The van der Waals surface area contributed by atoms with Crippen molar-refractivity contribution in [2.24, 2.45) is 5.10 Å². The van der Waals surface area contributed by atoms with E-state index in [1.165, 1.54) is 18.3 Å². The molecule has 2 amide bonds. The first-order chi connectivity index (χ1) is 11.6. The predicted molar refractivity (Wildman–Crippen MR) is 92.2 cm³/mol. The quantitative estimate of drug-likeness (QED) is 0.554. The maximum Gasteiger partial charge on any atom is 0.252 e. The Morgan fingerprint density at radius 1 is 1.12 bits per heavy atom. The molecule has 0 aliphatic rings. The van der Waals surface area contributed by atoms with Crippen molar-refractivity contribution in [1.29, 1.82) is 0 Å². The number of phenols is 1. The summed E-state index contributed by atoms with van der Waals surface area (Å²) in [5.41, 5.74) is 3.46. The molecule has 7 heteroatoms. The van der Waals surface area contributed by atoms with Gasteiger partial charge in [0.2, 0.25) is 5.91 Å². The van der Waals surface area contributed by atoms with Gasteiger partial charge in [0.25, 0.3) is 5.91 Å². The van der Waals surface area contributed by atoms with Gasteiger partial charge >= 0.3 is 0 Å². The molecule has 0 saturated carbocycles. The van der Waals surface area contributed by atoms with Crippen molar-refractivity contribution in [3.05, 3.63) is 64.7 Å².